The number of halogens is 1. The van der Waals surface area contributed by atoms with Gasteiger partial charge in [-0.05, 0) is 23.6 Å². The predicted octanol–water partition coefficient (Wildman–Crippen LogP) is 3.21. The van der Waals surface area contributed by atoms with Crippen LogP contribution in [0.25, 0.3) is 0 Å². The van der Waals surface area contributed by atoms with Gasteiger partial charge in [-0.15, -0.1) is 0 Å². The Labute approximate surface area is 124 Å². The Bertz CT molecular complexity index is 655. The molecule has 3 rings (SSSR count). The molecule has 0 saturated carbocycles. The van der Waals surface area contributed by atoms with Crippen LogP contribution in [-0.4, -0.2) is 11.9 Å². The van der Waals surface area contributed by atoms with Crippen molar-refractivity contribution in [1.29, 1.82) is 0 Å². The van der Waals surface area contributed by atoms with Gasteiger partial charge in [0.05, 0.1) is 0 Å². The maximum absolute atomic E-state index is 14.2. The van der Waals surface area contributed by atoms with Gasteiger partial charge in [-0.2, -0.15) is 0 Å². The van der Waals surface area contributed by atoms with Gasteiger partial charge in [-0.25, -0.2) is 4.39 Å². The van der Waals surface area contributed by atoms with Crippen molar-refractivity contribution in [2.45, 2.75) is 31.2 Å². The Hall–Kier alpha value is -2.16. The summed E-state index contributed by atoms with van der Waals surface area (Å²) < 4.78 is 14.2. The highest BCUT2D eigenvalue weighted by Crippen LogP contribution is 2.38. The van der Waals surface area contributed by atoms with Crippen LogP contribution in [0.2, 0.25) is 0 Å². The van der Waals surface area contributed by atoms with Crippen LogP contribution in [-0.2, 0) is 16.6 Å². The second kappa shape index (κ2) is 5.32. The lowest BCUT2D eigenvalue weighted by atomic mass is 9.74. The normalized spacial score (nSPS) is 24.9. The number of benzene rings is 2. The minimum Gasteiger partial charge on any atom is -0.352 e. The van der Waals surface area contributed by atoms with Crippen LogP contribution in [0, 0.1) is 5.82 Å². The van der Waals surface area contributed by atoms with E-state index in [9.17, 15) is 9.18 Å². The summed E-state index contributed by atoms with van der Waals surface area (Å²) in [7, 11) is 0. The minimum atomic E-state index is -0.516. The molecule has 21 heavy (non-hydrogen) atoms. The average molecular weight is 283 g/mol. The van der Waals surface area contributed by atoms with Crippen molar-refractivity contribution in [3.05, 3.63) is 71.5 Å². The van der Waals surface area contributed by atoms with E-state index < -0.39 is 5.41 Å². The highest BCUT2D eigenvalue weighted by atomic mass is 19.1. The molecule has 2 aromatic rings. The van der Waals surface area contributed by atoms with Crippen LogP contribution in [0.1, 0.15) is 24.5 Å². The fourth-order valence-corrected chi connectivity index (χ4v) is 3.19. The van der Waals surface area contributed by atoms with Gasteiger partial charge in [0.25, 0.3) is 0 Å². The molecule has 2 nitrogen and oxygen atoms in total. The second-order valence-electron chi connectivity index (χ2n) is 5.88. The molecule has 2 atom stereocenters. The topological polar surface area (TPSA) is 29.1 Å². The molecule has 2 unspecified atom stereocenters. The summed E-state index contributed by atoms with van der Waals surface area (Å²) in [6, 6.07) is 16.6. The zero-order chi connectivity index (χ0) is 14.9. The summed E-state index contributed by atoms with van der Waals surface area (Å²) in [6.45, 7) is 1.97. The third-order valence-corrected chi connectivity index (χ3v) is 4.40. The molecular formula is C18H18FNO. The second-order valence-corrected chi connectivity index (χ2v) is 5.88. The van der Waals surface area contributed by atoms with E-state index >= 15 is 0 Å². The maximum Gasteiger partial charge on any atom is 0.221 e. The Morgan fingerprint density at radius 2 is 1.81 bits per heavy atom. The van der Waals surface area contributed by atoms with E-state index in [1.165, 1.54) is 6.07 Å². The third-order valence-electron chi connectivity index (χ3n) is 4.40. The van der Waals surface area contributed by atoms with Gasteiger partial charge in [0.1, 0.15) is 5.82 Å². The van der Waals surface area contributed by atoms with E-state index in [1.807, 2.05) is 43.3 Å². The average Bonchev–Trinajstić information content (AvgIpc) is 2.75. The maximum atomic E-state index is 14.2. The van der Waals surface area contributed by atoms with Crippen molar-refractivity contribution in [3.8, 4) is 0 Å². The SMILES string of the molecule is CC1(c2ccccc2F)CC(=O)NC1Cc1ccccc1. The molecular weight excluding hydrogens is 265 g/mol. The third kappa shape index (κ3) is 2.56. The molecule has 0 bridgehead atoms. The highest BCUT2D eigenvalue weighted by Gasteiger charge is 2.45. The summed E-state index contributed by atoms with van der Waals surface area (Å²) in [6.07, 6.45) is 1.03. The van der Waals surface area contributed by atoms with E-state index in [0.29, 0.717) is 18.4 Å². The first kappa shape index (κ1) is 13.8. The van der Waals surface area contributed by atoms with E-state index in [-0.39, 0.29) is 17.8 Å². The molecule has 1 saturated heterocycles. The molecule has 1 N–H and O–H groups in total. The van der Waals surface area contributed by atoms with E-state index in [1.54, 1.807) is 12.1 Å². The standard InChI is InChI=1S/C18H18FNO/c1-18(14-9-5-6-10-15(14)19)12-17(21)20-16(18)11-13-7-3-2-4-8-13/h2-10,16H,11-12H2,1H3,(H,20,21). The summed E-state index contributed by atoms with van der Waals surface area (Å²) in [5.74, 6) is -0.253. The number of carbonyl (C=O) groups is 1. The summed E-state index contributed by atoms with van der Waals surface area (Å²) in [5, 5.41) is 3.01. The molecule has 1 amide bonds. The smallest absolute Gasteiger partial charge is 0.221 e. The van der Waals surface area contributed by atoms with Gasteiger partial charge in [-0.1, -0.05) is 55.5 Å². The largest absolute Gasteiger partial charge is 0.352 e. The minimum absolute atomic E-state index is 0.0123. The lowest BCUT2D eigenvalue weighted by Gasteiger charge is -2.31. The lowest BCUT2D eigenvalue weighted by Crippen LogP contribution is -2.40. The van der Waals surface area contributed by atoms with Gasteiger partial charge in [0.15, 0.2) is 0 Å². The molecule has 1 heterocycles. The monoisotopic (exact) mass is 283 g/mol. The highest BCUT2D eigenvalue weighted by molar-refractivity contribution is 5.81. The number of carbonyl (C=O) groups excluding carboxylic acids is 1. The molecule has 0 aliphatic carbocycles. The Kier molecular flexibility index (Phi) is 3.50. The molecule has 3 heteroatoms. The van der Waals surface area contributed by atoms with Crippen LogP contribution in [0.5, 0.6) is 0 Å². The predicted molar refractivity (Wildman–Crippen MR) is 80.4 cm³/mol. The summed E-state index contributed by atoms with van der Waals surface area (Å²) in [4.78, 5) is 11.9. The summed E-state index contributed by atoms with van der Waals surface area (Å²) in [5.41, 5.74) is 1.25. The van der Waals surface area contributed by atoms with Crippen molar-refractivity contribution in [1.82, 2.24) is 5.32 Å². The van der Waals surface area contributed by atoms with Crippen LogP contribution in [0.3, 0.4) is 0 Å². The fourth-order valence-electron chi connectivity index (χ4n) is 3.19. The van der Waals surface area contributed by atoms with Crippen molar-refractivity contribution in [2.75, 3.05) is 0 Å². The summed E-state index contributed by atoms with van der Waals surface area (Å²) >= 11 is 0. The first-order valence-electron chi connectivity index (χ1n) is 7.18. The first-order valence-corrected chi connectivity index (χ1v) is 7.18. The number of nitrogens with one attached hydrogen (secondary N) is 1. The van der Waals surface area contributed by atoms with E-state index in [0.717, 1.165) is 5.56 Å². The molecule has 0 radical (unpaired) electrons. The van der Waals surface area contributed by atoms with Crippen molar-refractivity contribution < 1.29 is 9.18 Å². The van der Waals surface area contributed by atoms with E-state index in [4.69, 9.17) is 0 Å². The number of rotatable bonds is 3. The van der Waals surface area contributed by atoms with Gasteiger partial charge in [0.2, 0.25) is 5.91 Å². The number of amides is 1. The Morgan fingerprint density at radius 3 is 2.52 bits per heavy atom. The quantitative estimate of drug-likeness (QED) is 0.920. The van der Waals surface area contributed by atoms with Crippen LogP contribution < -0.4 is 5.32 Å². The lowest BCUT2D eigenvalue weighted by molar-refractivity contribution is -0.119. The van der Waals surface area contributed by atoms with Crippen LogP contribution in [0.4, 0.5) is 4.39 Å². The van der Waals surface area contributed by atoms with Gasteiger partial charge in [-0.3, -0.25) is 4.79 Å². The number of hydrogen-bond acceptors (Lipinski definition) is 1. The van der Waals surface area contributed by atoms with Crippen molar-refractivity contribution in [3.63, 3.8) is 0 Å². The Morgan fingerprint density at radius 1 is 1.14 bits per heavy atom. The molecule has 2 aromatic carbocycles. The van der Waals surface area contributed by atoms with Crippen molar-refractivity contribution >= 4 is 5.91 Å². The zero-order valence-corrected chi connectivity index (χ0v) is 12.0. The van der Waals surface area contributed by atoms with Gasteiger partial charge < -0.3 is 5.32 Å². The fraction of sp³-hybridized carbons (Fsp3) is 0.278. The molecule has 0 spiro atoms. The molecule has 0 aromatic heterocycles. The van der Waals surface area contributed by atoms with Crippen LogP contribution in [0.15, 0.2) is 54.6 Å². The van der Waals surface area contributed by atoms with Gasteiger partial charge >= 0.3 is 0 Å². The van der Waals surface area contributed by atoms with Gasteiger partial charge in [0, 0.05) is 17.9 Å². The molecule has 108 valence electrons. The first-order chi connectivity index (χ1) is 10.1. The Balaban J connectivity index is 1.95. The van der Waals surface area contributed by atoms with Crippen LogP contribution >= 0.6 is 0 Å². The number of hydrogen-bond donors (Lipinski definition) is 1. The van der Waals surface area contributed by atoms with E-state index in [2.05, 4.69) is 5.32 Å². The molecule has 1 fully saturated rings. The zero-order valence-electron chi connectivity index (χ0n) is 12.0. The molecule has 1 aliphatic rings. The van der Waals surface area contributed by atoms with Crippen molar-refractivity contribution in [2.24, 2.45) is 0 Å². The molecule has 1 aliphatic heterocycles.